The zero-order valence-corrected chi connectivity index (χ0v) is 12.1. The first-order valence-corrected chi connectivity index (χ1v) is 7.12. The molecule has 4 heteroatoms. The van der Waals surface area contributed by atoms with Gasteiger partial charge in [-0.3, -0.25) is 4.79 Å². The molecule has 2 bridgehead atoms. The van der Waals surface area contributed by atoms with E-state index in [2.05, 4.69) is 10.6 Å². The van der Waals surface area contributed by atoms with Gasteiger partial charge in [0.05, 0.1) is 0 Å². The lowest BCUT2D eigenvalue weighted by Gasteiger charge is -2.72. The largest absolute Gasteiger partial charge is 0.326 e. The van der Waals surface area contributed by atoms with Crippen LogP contribution in [0.25, 0.3) is 0 Å². The number of anilines is 1. The third-order valence-corrected chi connectivity index (χ3v) is 5.28. The first-order chi connectivity index (χ1) is 8.99. The van der Waals surface area contributed by atoms with Gasteiger partial charge in [0.15, 0.2) is 0 Å². The quantitative estimate of drug-likeness (QED) is 0.889. The SMILES string of the molecule is CNC12CC(C(C)C(=O)Nc3ccc(Cl)cc3)(C1)C2. The summed E-state index contributed by atoms with van der Waals surface area (Å²) in [6, 6.07) is 7.26. The van der Waals surface area contributed by atoms with Gasteiger partial charge in [0.1, 0.15) is 0 Å². The van der Waals surface area contributed by atoms with E-state index in [0.29, 0.717) is 10.6 Å². The topological polar surface area (TPSA) is 41.1 Å². The van der Waals surface area contributed by atoms with Gasteiger partial charge in [0.2, 0.25) is 5.91 Å². The molecule has 0 spiro atoms. The van der Waals surface area contributed by atoms with Gasteiger partial charge in [-0.15, -0.1) is 0 Å². The average molecular weight is 279 g/mol. The minimum Gasteiger partial charge on any atom is -0.326 e. The Morgan fingerprint density at radius 1 is 1.26 bits per heavy atom. The molecule has 0 aliphatic heterocycles. The molecule has 3 aliphatic carbocycles. The molecule has 0 saturated heterocycles. The van der Waals surface area contributed by atoms with Gasteiger partial charge in [-0.1, -0.05) is 18.5 Å². The van der Waals surface area contributed by atoms with Crippen LogP contribution in [0.5, 0.6) is 0 Å². The molecule has 1 aromatic carbocycles. The second-order valence-corrected chi connectivity index (χ2v) is 6.58. The van der Waals surface area contributed by atoms with Crippen LogP contribution in [0.4, 0.5) is 5.69 Å². The molecule has 3 saturated carbocycles. The van der Waals surface area contributed by atoms with Crippen molar-refractivity contribution in [3.05, 3.63) is 29.3 Å². The van der Waals surface area contributed by atoms with Gasteiger partial charge in [0.25, 0.3) is 0 Å². The molecule has 1 unspecified atom stereocenters. The normalized spacial score (nSPS) is 33.0. The summed E-state index contributed by atoms with van der Waals surface area (Å²) in [7, 11) is 2.02. The smallest absolute Gasteiger partial charge is 0.227 e. The summed E-state index contributed by atoms with van der Waals surface area (Å²) in [6.07, 6.45) is 3.39. The van der Waals surface area contributed by atoms with Gasteiger partial charge in [-0.2, -0.15) is 0 Å². The highest BCUT2D eigenvalue weighted by Gasteiger charge is 2.69. The van der Waals surface area contributed by atoms with E-state index in [1.165, 1.54) is 0 Å². The van der Waals surface area contributed by atoms with Crippen LogP contribution in [0.3, 0.4) is 0 Å². The fourth-order valence-electron chi connectivity index (χ4n) is 3.65. The molecule has 4 rings (SSSR count). The highest BCUT2D eigenvalue weighted by molar-refractivity contribution is 6.30. The van der Waals surface area contributed by atoms with Crippen molar-refractivity contribution in [3.63, 3.8) is 0 Å². The minimum absolute atomic E-state index is 0.0680. The first-order valence-electron chi connectivity index (χ1n) is 6.74. The zero-order chi connectivity index (χ0) is 13.7. The molecule has 102 valence electrons. The van der Waals surface area contributed by atoms with Crippen molar-refractivity contribution in [2.75, 3.05) is 12.4 Å². The van der Waals surface area contributed by atoms with Crippen molar-refractivity contribution >= 4 is 23.2 Å². The van der Waals surface area contributed by atoms with Crippen molar-refractivity contribution in [1.82, 2.24) is 5.32 Å². The molecule has 3 nitrogen and oxygen atoms in total. The molecule has 0 heterocycles. The van der Waals surface area contributed by atoms with Gasteiger partial charge >= 0.3 is 0 Å². The van der Waals surface area contributed by atoms with E-state index in [9.17, 15) is 4.79 Å². The Kier molecular flexibility index (Phi) is 2.88. The van der Waals surface area contributed by atoms with E-state index in [1.54, 1.807) is 12.1 Å². The van der Waals surface area contributed by atoms with Gasteiger partial charge in [-0.05, 0) is 56.0 Å². The minimum atomic E-state index is 0.0680. The lowest BCUT2D eigenvalue weighted by molar-refractivity contribution is -0.186. The second-order valence-electron chi connectivity index (χ2n) is 6.14. The number of carbonyl (C=O) groups excluding carboxylic acids is 1. The average Bonchev–Trinajstić information content (AvgIpc) is 2.29. The predicted octanol–water partition coefficient (Wildman–Crippen LogP) is 3.06. The number of rotatable bonds is 4. The predicted molar refractivity (Wildman–Crippen MR) is 77.3 cm³/mol. The molecule has 0 radical (unpaired) electrons. The van der Waals surface area contributed by atoms with Gasteiger partial charge < -0.3 is 10.6 Å². The summed E-state index contributed by atoms with van der Waals surface area (Å²) >= 11 is 5.83. The van der Waals surface area contributed by atoms with Gasteiger partial charge in [0, 0.05) is 22.2 Å². The summed E-state index contributed by atoms with van der Waals surface area (Å²) in [6.45, 7) is 2.05. The highest BCUT2D eigenvalue weighted by atomic mass is 35.5. The van der Waals surface area contributed by atoms with Crippen LogP contribution in [0.15, 0.2) is 24.3 Å². The maximum absolute atomic E-state index is 12.3. The van der Waals surface area contributed by atoms with Crippen LogP contribution >= 0.6 is 11.6 Å². The molecule has 2 N–H and O–H groups in total. The van der Waals surface area contributed by atoms with Crippen LogP contribution in [0, 0.1) is 11.3 Å². The molecular formula is C15H19ClN2O. The Hall–Kier alpha value is -1.06. The van der Waals surface area contributed by atoms with E-state index in [-0.39, 0.29) is 17.2 Å². The maximum atomic E-state index is 12.3. The van der Waals surface area contributed by atoms with Crippen LogP contribution in [0.1, 0.15) is 26.2 Å². The molecule has 3 fully saturated rings. The van der Waals surface area contributed by atoms with Crippen LogP contribution in [0.2, 0.25) is 5.02 Å². The summed E-state index contributed by atoms with van der Waals surface area (Å²) in [4.78, 5) is 12.3. The van der Waals surface area contributed by atoms with Crippen molar-refractivity contribution < 1.29 is 4.79 Å². The molecule has 1 amide bonds. The van der Waals surface area contributed by atoms with Crippen molar-refractivity contribution in [2.45, 2.75) is 31.7 Å². The third kappa shape index (κ3) is 1.96. The standard InChI is InChI=1S/C15H19ClN2O/c1-10(14-7-15(8-14,9-14)17-2)13(19)18-12-5-3-11(16)4-6-12/h3-6,10,17H,7-9H2,1-2H3,(H,18,19). The summed E-state index contributed by atoms with van der Waals surface area (Å²) in [5.74, 6) is 0.185. The Bertz CT molecular complexity index is 492. The Balaban J connectivity index is 1.61. The second kappa shape index (κ2) is 4.22. The third-order valence-electron chi connectivity index (χ3n) is 5.03. The van der Waals surface area contributed by atoms with E-state index in [4.69, 9.17) is 11.6 Å². The van der Waals surface area contributed by atoms with E-state index in [1.807, 2.05) is 26.1 Å². The number of hydrogen-bond donors (Lipinski definition) is 2. The summed E-state index contributed by atoms with van der Waals surface area (Å²) in [5.41, 5.74) is 1.39. The summed E-state index contributed by atoms with van der Waals surface area (Å²) in [5, 5.41) is 7.03. The fourth-order valence-corrected chi connectivity index (χ4v) is 3.78. The zero-order valence-electron chi connectivity index (χ0n) is 11.3. The Morgan fingerprint density at radius 2 is 1.84 bits per heavy atom. The van der Waals surface area contributed by atoms with Crippen LogP contribution in [-0.4, -0.2) is 18.5 Å². The molecule has 1 aromatic rings. The number of amides is 1. The molecule has 1 atom stereocenters. The Labute approximate surface area is 118 Å². The molecule has 0 aromatic heterocycles. The van der Waals surface area contributed by atoms with E-state index < -0.39 is 0 Å². The van der Waals surface area contributed by atoms with Crippen molar-refractivity contribution in [3.8, 4) is 0 Å². The highest BCUT2D eigenvalue weighted by Crippen LogP contribution is 2.70. The lowest BCUT2D eigenvalue weighted by Crippen LogP contribution is -2.75. The molecular weight excluding hydrogens is 260 g/mol. The van der Waals surface area contributed by atoms with Crippen molar-refractivity contribution in [2.24, 2.45) is 11.3 Å². The summed E-state index contributed by atoms with van der Waals surface area (Å²) < 4.78 is 0. The number of nitrogens with one attached hydrogen (secondary N) is 2. The van der Waals surface area contributed by atoms with Crippen LogP contribution < -0.4 is 10.6 Å². The van der Waals surface area contributed by atoms with E-state index in [0.717, 1.165) is 24.9 Å². The number of halogens is 1. The monoisotopic (exact) mass is 278 g/mol. The van der Waals surface area contributed by atoms with Crippen LogP contribution in [-0.2, 0) is 4.79 Å². The molecule has 19 heavy (non-hydrogen) atoms. The van der Waals surface area contributed by atoms with E-state index >= 15 is 0 Å². The fraction of sp³-hybridized carbons (Fsp3) is 0.533. The first kappa shape index (κ1) is 12.9. The molecule has 3 aliphatic rings. The lowest BCUT2D eigenvalue weighted by atomic mass is 9.36. The Morgan fingerprint density at radius 3 is 2.37 bits per heavy atom. The van der Waals surface area contributed by atoms with Crippen molar-refractivity contribution in [1.29, 1.82) is 0 Å². The number of benzene rings is 1. The number of carbonyl (C=O) groups is 1. The number of hydrogen-bond acceptors (Lipinski definition) is 2. The van der Waals surface area contributed by atoms with Gasteiger partial charge in [-0.25, -0.2) is 0 Å². The maximum Gasteiger partial charge on any atom is 0.227 e.